The normalized spacial score (nSPS) is 11.3. The van der Waals surface area contributed by atoms with Crippen molar-refractivity contribution in [2.45, 2.75) is 33.5 Å². The maximum atomic E-state index is 12.6. The highest BCUT2D eigenvalue weighted by molar-refractivity contribution is 14.0. The zero-order valence-corrected chi connectivity index (χ0v) is 19.7. The SMILES string of the molecule is CCNC(=NCc1cc(C)ccc1OC(F)F)NCc1coc(-c2cccs2)n1.I. The minimum atomic E-state index is -2.88. The van der Waals surface area contributed by atoms with Gasteiger partial charge in [-0.25, -0.2) is 9.98 Å². The number of oxazole rings is 1. The summed E-state index contributed by atoms with van der Waals surface area (Å²) in [5, 5.41) is 8.26. The van der Waals surface area contributed by atoms with Gasteiger partial charge in [-0.1, -0.05) is 23.8 Å². The fourth-order valence-electron chi connectivity index (χ4n) is 2.62. The minimum Gasteiger partial charge on any atom is -0.443 e. The molecule has 1 aromatic carbocycles. The van der Waals surface area contributed by atoms with Crippen molar-refractivity contribution in [1.82, 2.24) is 15.6 Å². The molecule has 0 bridgehead atoms. The van der Waals surface area contributed by atoms with E-state index in [0.29, 0.717) is 30.5 Å². The Labute approximate surface area is 194 Å². The molecule has 0 unspecified atom stereocenters. The Kier molecular flexibility index (Phi) is 9.50. The number of hydrogen-bond acceptors (Lipinski definition) is 5. The molecular formula is C20H23F2IN4O2S. The van der Waals surface area contributed by atoms with Crippen LogP contribution in [0.3, 0.4) is 0 Å². The number of alkyl halides is 2. The van der Waals surface area contributed by atoms with Crippen molar-refractivity contribution >= 4 is 41.3 Å². The summed E-state index contributed by atoms with van der Waals surface area (Å²) < 4.78 is 35.4. The van der Waals surface area contributed by atoms with E-state index in [-0.39, 0.29) is 36.3 Å². The number of thiophene rings is 1. The van der Waals surface area contributed by atoms with Crippen LogP contribution in [-0.2, 0) is 13.1 Å². The molecule has 162 valence electrons. The third-order valence-corrected chi connectivity index (χ3v) is 4.76. The van der Waals surface area contributed by atoms with Crippen LogP contribution in [0.5, 0.6) is 5.75 Å². The first kappa shape index (κ1) is 24.1. The van der Waals surface area contributed by atoms with Gasteiger partial charge in [0.05, 0.1) is 23.7 Å². The number of halogens is 3. The first-order valence-corrected chi connectivity index (χ1v) is 9.98. The highest BCUT2D eigenvalue weighted by atomic mass is 127. The Hall–Kier alpha value is -2.21. The van der Waals surface area contributed by atoms with Crippen molar-refractivity contribution in [3.05, 3.63) is 58.8 Å². The van der Waals surface area contributed by atoms with Crippen molar-refractivity contribution in [3.8, 4) is 16.5 Å². The molecule has 0 saturated heterocycles. The van der Waals surface area contributed by atoms with E-state index in [1.165, 1.54) is 6.07 Å². The van der Waals surface area contributed by atoms with Gasteiger partial charge in [-0.15, -0.1) is 35.3 Å². The molecule has 2 N–H and O–H groups in total. The number of hydrogen-bond donors (Lipinski definition) is 2. The van der Waals surface area contributed by atoms with Gasteiger partial charge < -0.3 is 19.8 Å². The molecule has 0 aliphatic rings. The first-order valence-electron chi connectivity index (χ1n) is 9.10. The Morgan fingerprint density at radius 2 is 2.13 bits per heavy atom. The second kappa shape index (κ2) is 11.8. The Morgan fingerprint density at radius 3 is 2.83 bits per heavy atom. The molecule has 0 saturated carbocycles. The number of nitrogens with zero attached hydrogens (tertiary/aromatic N) is 2. The van der Waals surface area contributed by atoms with Crippen LogP contribution in [0, 0.1) is 6.92 Å². The molecule has 3 aromatic rings. The van der Waals surface area contributed by atoms with Gasteiger partial charge in [-0.05, 0) is 31.4 Å². The van der Waals surface area contributed by atoms with E-state index in [2.05, 4.69) is 25.3 Å². The molecule has 2 aromatic heterocycles. The van der Waals surface area contributed by atoms with Gasteiger partial charge in [-0.3, -0.25) is 0 Å². The van der Waals surface area contributed by atoms with Gasteiger partial charge in [0.25, 0.3) is 0 Å². The third kappa shape index (κ3) is 6.94. The molecule has 0 fully saturated rings. The van der Waals surface area contributed by atoms with Crippen LogP contribution in [-0.4, -0.2) is 24.1 Å². The largest absolute Gasteiger partial charge is 0.443 e. The van der Waals surface area contributed by atoms with Crippen LogP contribution < -0.4 is 15.4 Å². The predicted octanol–water partition coefficient (Wildman–Crippen LogP) is 5.19. The Bertz CT molecular complexity index is 948. The van der Waals surface area contributed by atoms with E-state index in [4.69, 9.17) is 4.42 Å². The monoisotopic (exact) mass is 548 g/mol. The molecule has 6 nitrogen and oxygen atoms in total. The molecule has 0 aliphatic heterocycles. The maximum Gasteiger partial charge on any atom is 0.387 e. The molecule has 0 amide bonds. The first-order chi connectivity index (χ1) is 14.0. The number of rotatable bonds is 8. The van der Waals surface area contributed by atoms with Crippen molar-refractivity contribution in [3.63, 3.8) is 0 Å². The Balaban J connectivity index is 0.00000320. The average Bonchev–Trinajstić information content (AvgIpc) is 3.37. The molecule has 10 heteroatoms. The summed E-state index contributed by atoms with van der Waals surface area (Å²) in [6, 6.07) is 8.93. The molecule has 0 aliphatic carbocycles. The van der Waals surface area contributed by atoms with Crippen molar-refractivity contribution < 1.29 is 17.9 Å². The molecule has 2 heterocycles. The van der Waals surface area contributed by atoms with E-state index in [1.807, 2.05) is 31.4 Å². The van der Waals surface area contributed by atoms with Gasteiger partial charge in [0.1, 0.15) is 12.0 Å². The predicted molar refractivity (Wildman–Crippen MR) is 125 cm³/mol. The van der Waals surface area contributed by atoms with Crippen LogP contribution in [0.1, 0.15) is 23.7 Å². The lowest BCUT2D eigenvalue weighted by molar-refractivity contribution is -0.0504. The smallest absolute Gasteiger partial charge is 0.387 e. The lowest BCUT2D eigenvalue weighted by Crippen LogP contribution is -2.36. The number of aliphatic imine (C=N–C) groups is 1. The summed E-state index contributed by atoms with van der Waals surface area (Å²) in [6.45, 7) is 2.21. The lowest BCUT2D eigenvalue weighted by Gasteiger charge is -2.12. The minimum absolute atomic E-state index is 0. The molecule has 0 spiro atoms. The second-order valence-electron chi connectivity index (χ2n) is 6.16. The quantitative estimate of drug-likeness (QED) is 0.231. The van der Waals surface area contributed by atoms with Gasteiger partial charge in [0.2, 0.25) is 5.89 Å². The number of nitrogens with one attached hydrogen (secondary N) is 2. The van der Waals surface area contributed by atoms with Gasteiger partial charge in [0.15, 0.2) is 5.96 Å². The van der Waals surface area contributed by atoms with Crippen molar-refractivity contribution in [2.75, 3.05) is 6.54 Å². The molecule has 0 atom stereocenters. The standard InChI is InChI=1S/C20H22F2N4O2S.HI/c1-3-23-20(24-10-14-9-13(2)6-7-16(14)28-19(21)22)25-11-15-12-27-18(26-15)17-5-4-8-29-17;/h4-9,12,19H,3,10-11H2,1-2H3,(H2,23,24,25);1H. The maximum absolute atomic E-state index is 12.6. The third-order valence-electron chi connectivity index (χ3n) is 3.90. The zero-order chi connectivity index (χ0) is 20.6. The van der Waals surface area contributed by atoms with Crippen LogP contribution >= 0.6 is 35.3 Å². The van der Waals surface area contributed by atoms with Gasteiger partial charge >= 0.3 is 6.61 Å². The van der Waals surface area contributed by atoms with Gasteiger partial charge in [0, 0.05) is 12.1 Å². The van der Waals surface area contributed by atoms with Crippen molar-refractivity contribution in [2.24, 2.45) is 4.99 Å². The summed E-state index contributed by atoms with van der Waals surface area (Å²) >= 11 is 1.56. The molecule has 3 rings (SSSR count). The van der Waals surface area contributed by atoms with Crippen molar-refractivity contribution in [1.29, 1.82) is 0 Å². The Morgan fingerprint density at radius 1 is 1.30 bits per heavy atom. The molecular weight excluding hydrogens is 525 g/mol. The summed E-state index contributed by atoms with van der Waals surface area (Å²) in [5.74, 6) is 1.24. The zero-order valence-electron chi connectivity index (χ0n) is 16.5. The average molecular weight is 548 g/mol. The summed E-state index contributed by atoms with van der Waals surface area (Å²) in [7, 11) is 0. The van der Waals surface area contributed by atoms with Crippen LogP contribution in [0.2, 0.25) is 0 Å². The topological polar surface area (TPSA) is 71.7 Å². The van der Waals surface area contributed by atoms with Gasteiger partial charge in [-0.2, -0.15) is 8.78 Å². The number of benzene rings is 1. The lowest BCUT2D eigenvalue weighted by atomic mass is 10.1. The highest BCUT2D eigenvalue weighted by Gasteiger charge is 2.11. The van der Waals surface area contributed by atoms with Crippen LogP contribution in [0.4, 0.5) is 8.78 Å². The van der Waals surface area contributed by atoms with Crippen LogP contribution in [0.25, 0.3) is 10.8 Å². The fraction of sp³-hybridized carbons (Fsp3) is 0.300. The van der Waals surface area contributed by atoms with Crippen LogP contribution in [0.15, 0.2) is 51.4 Å². The molecule has 0 radical (unpaired) electrons. The second-order valence-corrected chi connectivity index (χ2v) is 7.11. The summed E-state index contributed by atoms with van der Waals surface area (Å²) in [4.78, 5) is 9.90. The van der Waals surface area contributed by atoms with E-state index >= 15 is 0 Å². The fourth-order valence-corrected chi connectivity index (χ4v) is 3.28. The number of aryl methyl sites for hydroxylation is 1. The van der Waals surface area contributed by atoms with E-state index in [0.717, 1.165) is 16.1 Å². The highest BCUT2D eigenvalue weighted by Crippen LogP contribution is 2.24. The van der Waals surface area contributed by atoms with E-state index in [9.17, 15) is 8.78 Å². The number of guanidine groups is 1. The van der Waals surface area contributed by atoms with E-state index < -0.39 is 6.61 Å². The van der Waals surface area contributed by atoms with E-state index in [1.54, 1.807) is 29.7 Å². The summed E-state index contributed by atoms with van der Waals surface area (Å²) in [5.41, 5.74) is 2.26. The molecule has 30 heavy (non-hydrogen) atoms. The summed E-state index contributed by atoms with van der Waals surface area (Å²) in [6.07, 6.45) is 1.60. The number of ether oxygens (including phenoxy) is 1. The number of aromatic nitrogens is 1.